The Balaban J connectivity index is 4.09. The van der Waals surface area contributed by atoms with Crippen LogP contribution >= 0.6 is 0 Å². The van der Waals surface area contributed by atoms with Crippen LogP contribution in [0.4, 0.5) is 4.79 Å². The zero-order valence-corrected chi connectivity index (χ0v) is 12.3. The number of nitrogens with one attached hydrogen (secondary N) is 1. The van der Waals surface area contributed by atoms with Crippen molar-refractivity contribution in [1.29, 1.82) is 0 Å². The lowest BCUT2D eigenvalue weighted by atomic mass is 10.4. The van der Waals surface area contributed by atoms with Crippen LogP contribution < -0.4 is 11.1 Å². The fourth-order valence-electron chi connectivity index (χ4n) is 1.51. The van der Waals surface area contributed by atoms with Crippen molar-refractivity contribution < 1.29 is 13.6 Å². The van der Waals surface area contributed by atoms with Gasteiger partial charge in [-0.3, -0.25) is 0 Å². The van der Waals surface area contributed by atoms with E-state index in [-0.39, 0.29) is 6.03 Å². The average molecular weight is 263 g/mol. The summed E-state index contributed by atoms with van der Waals surface area (Å²) in [6, 6.07) is 0.770. The summed E-state index contributed by atoms with van der Waals surface area (Å²) in [6.45, 7) is 3.72. The third-order valence-electron chi connectivity index (χ3n) is 2.82. The van der Waals surface area contributed by atoms with E-state index in [1.807, 2.05) is 6.55 Å². The van der Waals surface area contributed by atoms with Gasteiger partial charge in [0.25, 0.3) is 0 Å². The minimum atomic E-state index is -2.02. The minimum absolute atomic E-state index is 0.0892. The number of hydrogen-bond acceptors (Lipinski definition) is 4. The Morgan fingerprint density at radius 1 is 1.35 bits per heavy atom. The van der Waals surface area contributed by atoms with Crippen molar-refractivity contribution >= 4 is 14.6 Å². The minimum Gasteiger partial charge on any atom is -0.398 e. The number of nitrogens with zero attached hydrogens (tertiary/aromatic N) is 1. The maximum absolute atomic E-state index is 11.5. The number of hydrogen-bond donors (Lipinski definition) is 2. The largest absolute Gasteiger partial charge is 0.398 e. The van der Waals surface area contributed by atoms with Crippen LogP contribution in [0.5, 0.6) is 0 Å². The Labute approximate surface area is 105 Å². The summed E-state index contributed by atoms with van der Waals surface area (Å²) in [5.41, 5.74) is 5.47. The molecule has 0 aromatic rings. The van der Waals surface area contributed by atoms with Crippen molar-refractivity contribution in [3.05, 3.63) is 0 Å². The topological polar surface area (TPSA) is 76.8 Å². The highest BCUT2D eigenvalue weighted by Crippen LogP contribution is 2.14. The number of rotatable bonds is 8. The van der Waals surface area contributed by atoms with Gasteiger partial charge in [0.15, 0.2) is 0 Å². The van der Waals surface area contributed by atoms with E-state index < -0.39 is 8.56 Å². The second-order valence-corrected chi connectivity index (χ2v) is 7.56. The predicted octanol–water partition coefficient (Wildman–Crippen LogP) is 0.341. The molecule has 0 aliphatic rings. The van der Waals surface area contributed by atoms with Gasteiger partial charge in [-0.2, -0.15) is 0 Å². The summed E-state index contributed by atoms with van der Waals surface area (Å²) in [5, 5.41) is 2.61. The third kappa shape index (κ3) is 6.01. The van der Waals surface area contributed by atoms with Crippen LogP contribution in [0.1, 0.15) is 6.42 Å². The molecule has 0 aromatic heterocycles. The van der Waals surface area contributed by atoms with Gasteiger partial charge in [-0.1, -0.05) is 0 Å². The van der Waals surface area contributed by atoms with Gasteiger partial charge >= 0.3 is 14.6 Å². The Morgan fingerprint density at radius 3 is 2.35 bits per heavy atom. The van der Waals surface area contributed by atoms with E-state index in [1.54, 1.807) is 26.2 Å². The first-order chi connectivity index (χ1) is 8.02. The molecule has 0 aromatic carbocycles. The van der Waals surface area contributed by atoms with Gasteiger partial charge in [-0.15, -0.1) is 0 Å². The summed E-state index contributed by atoms with van der Waals surface area (Å²) < 4.78 is 10.8. The Morgan fingerprint density at radius 2 is 1.94 bits per heavy atom. The van der Waals surface area contributed by atoms with Crippen molar-refractivity contribution in [3.63, 3.8) is 0 Å². The lowest BCUT2D eigenvalue weighted by Crippen LogP contribution is -2.43. The van der Waals surface area contributed by atoms with Crippen molar-refractivity contribution in [3.8, 4) is 0 Å². The molecule has 0 spiro atoms. The molecule has 0 fully saturated rings. The molecule has 0 radical (unpaired) electrons. The zero-order chi connectivity index (χ0) is 13.3. The van der Waals surface area contributed by atoms with Crippen LogP contribution in [-0.2, 0) is 8.85 Å². The van der Waals surface area contributed by atoms with Gasteiger partial charge in [0.1, 0.15) is 0 Å². The molecule has 102 valence electrons. The molecule has 3 N–H and O–H groups in total. The van der Waals surface area contributed by atoms with E-state index in [9.17, 15) is 4.79 Å². The van der Waals surface area contributed by atoms with E-state index in [2.05, 4.69) is 5.32 Å². The van der Waals surface area contributed by atoms with E-state index in [1.165, 1.54) is 0 Å². The summed E-state index contributed by atoms with van der Waals surface area (Å²) in [4.78, 5) is 13.2. The van der Waals surface area contributed by atoms with E-state index in [0.717, 1.165) is 12.5 Å². The Hall–Kier alpha value is -0.633. The van der Waals surface area contributed by atoms with Crippen LogP contribution in [0, 0.1) is 0 Å². The molecule has 0 rings (SSSR count). The highest BCUT2D eigenvalue weighted by atomic mass is 28.4. The molecule has 0 aliphatic carbocycles. The number of carbonyl (C=O) groups excluding carboxylic acids is 1. The van der Waals surface area contributed by atoms with Gasteiger partial charge in [0.2, 0.25) is 0 Å². The lowest BCUT2D eigenvalue weighted by Gasteiger charge is -2.25. The number of nitrogens with two attached hydrogens (primary N) is 1. The van der Waals surface area contributed by atoms with Crippen molar-refractivity contribution in [2.24, 2.45) is 5.73 Å². The number of urea groups is 1. The van der Waals surface area contributed by atoms with Crippen LogP contribution in [0.25, 0.3) is 0 Å². The molecule has 0 saturated carbocycles. The molecular weight excluding hydrogens is 238 g/mol. The highest BCUT2D eigenvalue weighted by Gasteiger charge is 2.28. The van der Waals surface area contributed by atoms with Gasteiger partial charge in [-0.05, 0) is 19.0 Å². The summed E-state index contributed by atoms with van der Waals surface area (Å²) >= 11 is 0. The monoisotopic (exact) mass is 263 g/mol. The van der Waals surface area contributed by atoms with Crippen LogP contribution in [0.2, 0.25) is 12.6 Å². The lowest BCUT2D eigenvalue weighted by molar-refractivity contribution is 0.199. The second kappa shape index (κ2) is 8.46. The van der Waals surface area contributed by atoms with Crippen molar-refractivity contribution in [2.45, 2.75) is 19.0 Å². The molecular formula is C10H25N3O3Si. The first-order valence-corrected chi connectivity index (χ1v) is 8.32. The van der Waals surface area contributed by atoms with Gasteiger partial charge < -0.3 is 24.8 Å². The third-order valence-corrected chi connectivity index (χ3v) is 5.81. The molecule has 6 nitrogen and oxygen atoms in total. The number of amides is 2. The second-order valence-electron chi connectivity index (χ2n) is 3.98. The first kappa shape index (κ1) is 16.4. The molecule has 17 heavy (non-hydrogen) atoms. The molecule has 0 unspecified atom stereocenters. The molecule has 0 atom stereocenters. The fourth-order valence-corrected chi connectivity index (χ4v) is 2.88. The molecule has 0 aliphatic heterocycles. The van der Waals surface area contributed by atoms with E-state index in [4.69, 9.17) is 14.6 Å². The van der Waals surface area contributed by atoms with Crippen LogP contribution in [0.3, 0.4) is 0 Å². The summed E-state index contributed by atoms with van der Waals surface area (Å²) in [7, 11) is 2.94. The molecule has 0 saturated heterocycles. The van der Waals surface area contributed by atoms with E-state index in [0.29, 0.717) is 19.6 Å². The zero-order valence-electron chi connectivity index (χ0n) is 11.3. The van der Waals surface area contributed by atoms with Crippen molar-refractivity contribution in [1.82, 2.24) is 10.2 Å². The normalized spacial score (nSPS) is 11.4. The van der Waals surface area contributed by atoms with Gasteiger partial charge in [0, 0.05) is 40.9 Å². The maximum Gasteiger partial charge on any atom is 0.334 e. The summed E-state index contributed by atoms with van der Waals surface area (Å²) in [5.74, 6) is 0. The quantitative estimate of drug-likeness (QED) is 0.619. The molecule has 0 heterocycles. The SMILES string of the molecule is CNC(=O)N(CCN)CCC[Si](C)(OC)OC. The van der Waals surface area contributed by atoms with Crippen molar-refractivity contribution in [2.75, 3.05) is 40.9 Å². The standard InChI is InChI=1S/C10H25N3O3Si/c1-12-10(14)13(8-6-11)7-5-9-17(4,15-2)16-3/h5-9,11H2,1-4H3,(H,12,14). The number of carbonyl (C=O) groups is 1. The van der Waals surface area contributed by atoms with Gasteiger partial charge in [0.05, 0.1) is 0 Å². The predicted molar refractivity (Wildman–Crippen MR) is 70.1 cm³/mol. The molecule has 7 heteroatoms. The maximum atomic E-state index is 11.5. The first-order valence-electron chi connectivity index (χ1n) is 5.80. The van der Waals surface area contributed by atoms with Gasteiger partial charge in [-0.25, -0.2) is 4.79 Å². The van der Waals surface area contributed by atoms with E-state index >= 15 is 0 Å². The molecule has 0 bridgehead atoms. The smallest absolute Gasteiger partial charge is 0.334 e. The van der Waals surface area contributed by atoms with Crippen LogP contribution in [-0.4, -0.2) is 60.4 Å². The summed E-state index contributed by atoms with van der Waals surface area (Å²) in [6.07, 6.45) is 0.859. The Bertz CT molecular complexity index is 225. The Kier molecular flexibility index (Phi) is 8.14. The highest BCUT2D eigenvalue weighted by molar-refractivity contribution is 6.65. The molecule has 2 amide bonds. The van der Waals surface area contributed by atoms with Crippen LogP contribution in [0.15, 0.2) is 0 Å². The fraction of sp³-hybridized carbons (Fsp3) is 0.900. The average Bonchev–Trinajstić information content (AvgIpc) is 2.36.